The average molecular weight is 481 g/mol. The lowest BCUT2D eigenvalue weighted by atomic mass is 10.1. The van der Waals surface area contributed by atoms with Crippen molar-refractivity contribution < 1.29 is 9.72 Å². The summed E-state index contributed by atoms with van der Waals surface area (Å²) in [4.78, 5) is 53.5. The fourth-order valence-corrected chi connectivity index (χ4v) is 3.65. The van der Waals surface area contributed by atoms with Crippen LogP contribution in [0.1, 0.15) is 36.2 Å². The highest BCUT2D eigenvalue weighted by Gasteiger charge is 2.28. The summed E-state index contributed by atoms with van der Waals surface area (Å²) < 4.78 is 1.19. The van der Waals surface area contributed by atoms with Gasteiger partial charge in [0, 0.05) is 31.4 Å². The first kappa shape index (κ1) is 25.2. The number of anilines is 3. The van der Waals surface area contributed by atoms with Crippen molar-refractivity contribution in [3.05, 3.63) is 90.6 Å². The SMILES string of the molecule is CNc1ccc([N+](=O)[O-])cc1C(=O)N(CCC(C)C)c1c(N)n(Cc2ccccc2)c(=O)[nH]c1=O. The van der Waals surface area contributed by atoms with Crippen molar-refractivity contribution >= 4 is 28.8 Å². The Morgan fingerprint density at radius 3 is 2.49 bits per heavy atom. The third kappa shape index (κ3) is 5.57. The summed E-state index contributed by atoms with van der Waals surface area (Å²) in [5.41, 5.74) is 5.49. The monoisotopic (exact) mass is 480 g/mol. The molecular weight excluding hydrogens is 452 g/mol. The zero-order chi connectivity index (χ0) is 25.7. The highest BCUT2D eigenvalue weighted by molar-refractivity contribution is 6.10. The quantitative estimate of drug-likeness (QED) is 0.314. The number of carbonyl (C=O) groups is 1. The Morgan fingerprint density at radius 2 is 1.89 bits per heavy atom. The topological polar surface area (TPSA) is 156 Å². The van der Waals surface area contributed by atoms with Crippen LogP contribution in [0.4, 0.5) is 22.9 Å². The number of non-ortho nitro benzene ring substituents is 1. The van der Waals surface area contributed by atoms with Crippen molar-refractivity contribution in [3.8, 4) is 0 Å². The molecule has 11 nitrogen and oxygen atoms in total. The molecule has 1 aromatic heterocycles. The van der Waals surface area contributed by atoms with Gasteiger partial charge < -0.3 is 16.0 Å². The molecule has 0 unspecified atom stereocenters. The summed E-state index contributed by atoms with van der Waals surface area (Å²) in [6.07, 6.45) is 0.520. The molecule has 0 spiro atoms. The van der Waals surface area contributed by atoms with Crippen LogP contribution in [-0.2, 0) is 6.54 Å². The van der Waals surface area contributed by atoms with Crippen LogP contribution in [0.3, 0.4) is 0 Å². The van der Waals surface area contributed by atoms with Gasteiger partial charge in [-0.05, 0) is 24.0 Å². The molecule has 4 N–H and O–H groups in total. The number of aromatic nitrogens is 2. The second-order valence-electron chi connectivity index (χ2n) is 8.44. The predicted molar refractivity (Wildman–Crippen MR) is 135 cm³/mol. The Morgan fingerprint density at radius 1 is 1.20 bits per heavy atom. The lowest BCUT2D eigenvalue weighted by Gasteiger charge is -2.26. The lowest BCUT2D eigenvalue weighted by Crippen LogP contribution is -2.42. The lowest BCUT2D eigenvalue weighted by molar-refractivity contribution is -0.384. The molecule has 0 atom stereocenters. The number of H-pyrrole nitrogens is 1. The molecule has 0 radical (unpaired) electrons. The van der Waals surface area contributed by atoms with Gasteiger partial charge in [0.1, 0.15) is 5.82 Å². The molecule has 35 heavy (non-hydrogen) atoms. The number of hydrogen-bond acceptors (Lipinski definition) is 7. The number of nitrogens with one attached hydrogen (secondary N) is 2. The molecule has 0 fully saturated rings. The van der Waals surface area contributed by atoms with Crippen LogP contribution in [-0.4, -0.2) is 34.0 Å². The first-order chi connectivity index (χ1) is 16.6. The largest absolute Gasteiger partial charge is 0.387 e. The molecular formula is C24H28N6O5. The van der Waals surface area contributed by atoms with Crippen LogP contribution in [0.2, 0.25) is 0 Å². The van der Waals surface area contributed by atoms with Gasteiger partial charge in [-0.1, -0.05) is 44.2 Å². The Kier molecular flexibility index (Phi) is 7.69. The Balaban J connectivity index is 2.18. The Hall–Kier alpha value is -4.41. The van der Waals surface area contributed by atoms with Gasteiger partial charge >= 0.3 is 5.69 Å². The van der Waals surface area contributed by atoms with E-state index in [1.54, 1.807) is 19.2 Å². The summed E-state index contributed by atoms with van der Waals surface area (Å²) in [5.74, 6) is -0.647. The van der Waals surface area contributed by atoms with E-state index in [4.69, 9.17) is 5.73 Å². The fourth-order valence-electron chi connectivity index (χ4n) is 3.65. The summed E-state index contributed by atoms with van der Waals surface area (Å²) in [7, 11) is 1.58. The van der Waals surface area contributed by atoms with Crippen molar-refractivity contribution in [3.63, 3.8) is 0 Å². The van der Waals surface area contributed by atoms with Gasteiger partial charge in [-0.3, -0.25) is 29.3 Å². The van der Waals surface area contributed by atoms with Crippen molar-refractivity contribution in [2.24, 2.45) is 5.92 Å². The fraction of sp³-hybridized carbons (Fsp3) is 0.292. The van der Waals surface area contributed by atoms with E-state index in [1.807, 2.05) is 32.0 Å². The molecule has 0 aliphatic carbocycles. The maximum atomic E-state index is 13.7. The van der Waals surface area contributed by atoms with Gasteiger partial charge in [-0.25, -0.2) is 4.79 Å². The number of hydrogen-bond donors (Lipinski definition) is 3. The molecule has 184 valence electrons. The Bertz CT molecular complexity index is 1350. The van der Waals surface area contributed by atoms with E-state index in [0.717, 1.165) is 11.6 Å². The molecule has 3 aromatic rings. The van der Waals surface area contributed by atoms with Crippen LogP contribution < -0.4 is 27.2 Å². The molecule has 3 rings (SSSR count). The number of benzene rings is 2. The number of carbonyl (C=O) groups excluding carboxylic acids is 1. The number of nitrogen functional groups attached to an aromatic ring is 1. The van der Waals surface area contributed by atoms with Crippen LogP contribution in [0, 0.1) is 16.0 Å². The van der Waals surface area contributed by atoms with Crippen LogP contribution in [0.15, 0.2) is 58.1 Å². The minimum absolute atomic E-state index is 0.00469. The number of nitro groups is 1. The third-order valence-electron chi connectivity index (χ3n) is 5.56. The van der Waals surface area contributed by atoms with Crippen LogP contribution in [0.25, 0.3) is 0 Å². The number of rotatable bonds is 9. The number of nitrogens with zero attached hydrogens (tertiary/aromatic N) is 3. The molecule has 0 bridgehead atoms. The van der Waals surface area contributed by atoms with Crippen molar-refractivity contribution in [1.82, 2.24) is 9.55 Å². The zero-order valence-corrected chi connectivity index (χ0v) is 19.8. The minimum Gasteiger partial charge on any atom is -0.387 e. The summed E-state index contributed by atoms with van der Waals surface area (Å²) in [6, 6.07) is 12.9. The molecule has 0 aliphatic heterocycles. The maximum Gasteiger partial charge on any atom is 0.330 e. The van der Waals surface area contributed by atoms with E-state index in [2.05, 4.69) is 10.3 Å². The third-order valence-corrected chi connectivity index (χ3v) is 5.56. The average Bonchev–Trinajstić information content (AvgIpc) is 2.83. The highest BCUT2D eigenvalue weighted by atomic mass is 16.6. The van der Waals surface area contributed by atoms with Gasteiger partial charge in [-0.15, -0.1) is 0 Å². The molecule has 2 aromatic carbocycles. The molecule has 11 heteroatoms. The van der Waals surface area contributed by atoms with Crippen molar-refractivity contribution in [2.75, 3.05) is 29.5 Å². The number of nitrogens with two attached hydrogens (primary N) is 1. The predicted octanol–water partition coefficient (Wildman–Crippen LogP) is 2.81. The molecule has 0 saturated carbocycles. The van der Waals surface area contributed by atoms with Gasteiger partial charge in [0.05, 0.1) is 17.0 Å². The molecule has 1 amide bonds. The first-order valence-corrected chi connectivity index (χ1v) is 11.1. The van der Waals surface area contributed by atoms with Gasteiger partial charge in [0.15, 0.2) is 5.69 Å². The molecule has 0 saturated heterocycles. The van der Waals surface area contributed by atoms with Gasteiger partial charge in [0.25, 0.3) is 17.2 Å². The van der Waals surface area contributed by atoms with Crippen LogP contribution >= 0.6 is 0 Å². The standard InChI is InChI=1S/C24H28N6O5/c1-15(2)11-12-28(23(32)18-13-17(30(34)35)9-10-19(18)26-3)20-21(25)29(24(33)27-22(20)31)14-16-7-5-4-6-8-16/h4-10,13,15,26H,11-12,14,25H2,1-3H3,(H,27,31,33). The maximum absolute atomic E-state index is 13.7. The molecule has 0 aliphatic rings. The number of aromatic amines is 1. The number of amides is 1. The van der Waals surface area contributed by atoms with E-state index in [9.17, 15) is 24.5 Å². The highest BCUT2D eigenvalue weighted by Crippen LogP contribution is 2.27. The minimum atomic E-state index is -0.814. The van der Waals surface area contributed by atoms with Crippen LogP contribution in [0.5, 0.6) is 0 Å². The number of nitro benzene ring substituents is 1. The van der Waals surface area contributed by atoms with E-state index < -0.39 is 22.1 Å². The first-order valence-electron chi connectivity index (χ1n) is 11.1. The summed E-state index contributed by atoms with van der Waals surface area (Å²) in [5, 5.41) is 14.2. The van der Waals surface area contributed by atoms with E-state index >= 15 is 0 Å². The van der Waals surface area contributed by atoms with E-state index in [-0.39, 0.29) is 41.8 Å². The second kappa shape index (κ2) is 10.7. The van der Waals surface area contributed by atoms with E-state index in [0.29, 0.717) is 12.1 Å². The van der Waals surface area contributed by atoms with Crippen molar-refractivity contribution in [2.45, 2.75) is 26.8 Å². The van der Waals surface area contributed by atoms with Gasteiger partial charge in [0.2, 0.25) is 0 Å². The zero-order valence-electron chi connectivity index (χ0n) is 19.8. The molecule has 1 heterocycles. The summed E-state index contributed by atoms with van der Waals surface area (Å²) in [6.45, 7) is 4.11. The van der Waals surface area contributed by atoms with Crippen molar-refractivity contribution in [1.29, 1.82) is 0 Å². The normalized spacial score (nSPS) is 10.9. The van der Waals surface area contributed by atoms with E-state index in [1.165, 1.54) is 21.6 Å². The Labute approximate surface area is 201 Å². The smallest absolute Gasteiger partial charge is 0.330 e. The summed E-state index contributed by atoms with van der Waals surface area (Å²) >= 11 is 0. The van der Waals surface area contributed by atoms with Gasteiger partial charge in [-0.2, -0.15) is 0 Å². The second-order valence-corrected chi connectivity index (χ2v) is 8.44.